The molecule has 0 amide bonds. The van der Waals surface area contributed by atoms with Crippen molar-refractivity contribution in [2.24, 2.45) is 5.14 Å². The van der Waals surface area contributed by atoms with E-state index in [2.05, 4.69) is 53.7 Å². The van der Waals surface area contributed by atoms with Crippen molar-refractivity contribution in [1.29, 1.82) is 0 Å². The van der Waals surface area contributed by atoms with Crippen LogP contribution in [-0.4, -0.2) is 13.0 Å². The minimum Gasteiger partial charge on any atom is -0.274 e. The maximum Gasteiger partial charge on any atom is 0.330 e. The molecular formula is C10H11NO3S. The molecule has 80 valence electrons. The van der Waals surface area contributed by atoms with Gasteiger partial charge in [0.2, 0.25) is 0 Å². The van der Waals surface area contributed by atoms with E-state index in [-0.39, 0.29) is 0 Å². The molecule has 0 bridgehead atoms. The van der Waals surface area contributed by atoms with E-state index >= 15 is 0 Å². The molecule has 0 fully saturated rings. The molecule has 3 N–H and O–H groups in total. The molecule has 0 unspecified atom stereocenters. The molecule has 2 rings (SSSR count). The van der Waals surface area contributed by atoms with Gasteiger partial charge in [-0.05, 0) is 10.8 Å². The Balaban J connectivity index is 0.000000195. The first kappa shape index (κ1) is 11.6. The van der Waals surface area contributed by atoms with Crippen LogP contribution in [0.15, 0.2) is 48.5 Å². The lowest BCUT2D eigenvalue weighted by Gasteiger charge is -1.92. The smallest absolute Gasteiger partial charge is 0.274 e. The van der Waals surface area contributed by atoms with E-state index in [0.717, 1.165) is 0 Å². The van der Waals surface area contributed by atoms with Gasteiger partial charge in [0, 0.05) is 0 Å². The van der Waals surface area contributed by atoms with E-state index in [0.29, 0.717) is 0 Å². The molecule has 0 aliphatic rings. The van der Waals surface area contributed by atoms with Crippen LogP contribution in [-0.2, 0) is 10.3 Å². The topological polar surface area (TPSA) is 80.4 Å². The molecule has 0 saturated heterocycles. The molecule has 0 aromatic heterocycles. The van der Waals surface area contributed by atoms with Gasteiger partial charge in [0.05, 0.1) is 0 Å². The summed E-state index contributed by atoms with van der Waals surface area (Å²) in [6.07, 6.45) is 0. The van der Waals surface area contributed by atoms with Crippen molar-refractivity contribution in [3.8, 4) is 0 Å². The summed E-state index contributed by atoms with van der Waals surface area (Å²) in [6.45, 7) is 0. The zero-order valence-corrected chi connectivity index (χ0v) is 8.68. The second kappa shape index (κ2) is 4.88. The molecule has 0 aliphatic heterocycles. The molecule has 4 nitrogen and oxygen atoms in total. The van der Waals surface area contributed by atoms with Crippen LogP contribution in [0, 0.1) is 0 Å². The SMILES string of the molecule is NS(=O)(=O)O.c1ccc2ccccc2c1. The van der Waals surface area contributed by atoms with Crippen molar-refractivity contribution >= 4 is 21.1 Å². The highest BCUT2D eigenvalue weighted by atomic mass is 32.2. The number of hydrogen-bond acceptors (Lipinski definition) is 2. The summed E-state index contributed by atoms with van der Waals surface area (Å²) in [5.74, 6) is 0. The lowest BCUT2D eigenvalue weighted by Crippen LogP contribution is -2.08. The molecule has 0 radical (unpaired) electrons. The number of hydrogen-bond donors (Lipinski definition) is 2. The molecule has 0 spiro atoms. The van der Waals surface area contributed by atoms with Gasteiger partial charge < -0.3 is 0 Å². The Bertz CT molecular complexity index is 464. The maximum absolute atomic E-state index is 8.97. The van der Waals surface area contributed by atoms with Crippen molar-refractivity contribution in [2.75, 3.05) is 0 Å². The Hall–Kier alpha value is -1.43. The number of benzene rings is 2. The largest absolute Gasteiger partial charge is 0.330 e. The first-order valence-corrected chi connectivity index (χ1v) is 5.66. The van der Waals surface area contributed by atoms with Crippen LogP contribution in [0.2, 0.25) is 0 Å². The van der Waals surface area contributed by atoms with Gasteiger partial charge in [0.1, 0.15) is 0 Å². The van der Waals surface area contributed by atoms with Gasteiger partial charge in [-0.25, -0.2) is 5.14 Å². The third-order valence-corrected chi connectivity index (χ3v) is 1.66. The van der Waals surface area contributed by atoms with Gasteiger partial charge in [0.15, 0.2) is 0 Å². The number of fused-ring (bicyclic) bond motifs is 1. The zero-order chi connectivity index (χ0) is 11.3. The Morgan fingerprint density at radius 3 is 1.27 bits per heavy atom. The van der Waals surface area contributed by atoms with Gasteiger partial charge in [-0.1, -0.05) is 48.5 Å². The second-order valence-electron chi connectivity index (χ2n) is 2.86. The van der Waals surface area contributed by atoms with E-state index in [1.165, 1.54) is 10.8 Å². The van der Waals surface area contributed by atoms with Gasteiger partial charge in [-0.2, -0.15) is 8.42 Å². The van der Waals surface area contributed by atoms with Crippen LogP contribution >= 0.6 is 0 Å². The fraction of sp³-hybridized carbons (Fsp3) is 0. The van der Waals surface area contributed by atoms with Gasteiger partial charge >= 0.3 is 10.3 Å². The molecule has 0 saturated carbocycles. The molecule has 5 heteroatoms. The summed E-state index contributed by atoms with van der Waals surface area (Å²) < 4.78 is 25.2. The number of nitrogens with two attached hydrogens (primary N) is 1. The van der Waals surface area contributed by atoms with Crippen molar-refractivity contribution in [2.45, 2.75) is 0 Å². The summed E-state index contributed by atoms with van der Waals surface area (Å²) in [7, 11) is -4.17. The number of rotatable bonds is 0. The Kier molecular flexibility index (Phi) is 3.79. The van der Waals surface area contributed by atoms with Crippen LogP contribution in [0.3, 0.4) is 0 Å². The van der Waals surface area contributed by atoms with Crippen molar-refractivity contribution in [3.63, 3.8) is 0 Å². The quantitative estimate of drug-likeness (QED) is 0.668. The van der Waals surface area contributed by atoms with Gasteiger partial charge in [-0.3, -0.25) is 4.55 Å². The highest BCUT2D eigenvalue weighted by Crippen LogP contribution is 2.11. The van der Waals surface area contributed by atoms with E-state index in [4.69, 9.17) is 13.0 Å². The lowest BCUT2D eigenvalue weighted by molar-refractivity contribution is 0.485. The average Bonchev–Trinajstić information content (AvgIpc) is 2.16. The third kappa shape index (κ3) is 5.11. The summed E-state index contributed by atoms with van der Waals surface area (Å²) in [6, 6.07) is 16.7. The van der Waals surface area contributed by atoms with E-state index in [1.807, 2.05) is 0 Å². The Morgan fingerprint density at radius 1 is 0.867 bits per heavy atom. The highest BCUT2D eigenvalue weighted by molar-refractivity contribution is 7.83. The summed E-state index contributed by atoms with van der Waals surface area (Å²) in [5.41, 5.74) is 0. The fourth-order valence-corrected chi connectivity index (χ4v) is 1.13. The summed E-state index contributed by atoms with van der Waals surface area (Å²) >= 11 is 0. The monoisotopic (exact) mass is 225 g/mol. The lowest BCUT2D eigenvalue weighted by atomic mass is 10.1. The van der Waals surface area contributed by atoms with E-state index in [9.17, 15) is 0 Å². The van der Waals surface area contributed by atoms with Crippen LogP contribution in [0.5, 0.6) is 0 Å². The van der Waals surface area contributed by atoms with Crippen LogP contribution in [0.4, 0.5) is 0 Å². The van der Waals surface area contributed by atoms with E-state index < -0.39 is 10.3 Å². The second-order valence-corrected chi connectivity index (χ2v) is 3.89. The van der Waals surface area contributed by atoms with Gasteiger partial charge in [0.25, 0.3) is 0 Å². The Labute approximate surface area is 88.2 Å². The van der Waals surface area contributed by atoms with Crippen molar-refractivity contribution in [1.82, 2.24) is 0 Å². The normalized spacial score (nSPS) is 10.5. The highest BCUT2D eigenvalue weighted by Gasteiger charge is 1.85. The van der Waals surface area contributed by atoms with Crippen molar-refractivity contribution in [3.05, 3.63) is 48.5 Å². The van der Waals surface area contributed by atoms with Crippen LogP contribution in [0.25, 0.3) is 10.8 Å². The maximum atomic E-state index is 8.97. The fourth-order valence-electron chi connectivity index (χ4n) is 1.13. The molecular weight excluding hydrogens is 214 g/mol. The minimum absolute atomic E-state index is 1.31. The molecule has 2 aromatic carbocycles. The average molecular weight is 225 g/mol. The third-order valence-electron chi connectivity index (χ3n) is 1.66. The predicted molar refractivity (Wildman–Crippen MR) is 59.7 cm³/mol. The molecule has 2 aromatic rings. The Morgan fingerprint density at radius 2 is 1.07 bits per heavy atom. The van der Waals surface area contributed by atoms with Crippen LogP contribution < -0.4 is 5.14 Å². The van der Waals surface area contributed by atoms with Crippen LogP contribution in [0.1, 0.15) is 0 Å². The van der Waals surface area contributed by atoms with E-state index in [1.54, 1.807) is 0 Å². The molecule has 0 aliphatic carbocycles. The zero-order valence-electron chi connectivity index (χ0n) is 7.87. The molecule has 0 heterocycles. The molecule has 15 heavy (non-hydrogen) atoms. The molecule has 0 atom stereocenters. The van der Waals surface area contributed by atoms with Crippen molar-refractivity contribution < 1.29 is 13.0 Å². The minimum atomic E-state index is -4.17. The first-order chi connectivity index (χ1) is 6.97. The summed E-state index contributed by atoms with van der Waals surface area (Å²) in [4.78, 5) is 0. The summed E-state index contributed by atoms with van der Waals surface area (Å²) in [5, 5.41) is 6.50. The van der Waals surface area contributed by atoms with Gasteiger partial charge in [-0.15, -0.1) is 0 Å². The standard InChI is InChI=1S/C10H8.H3NO3S/c1-2-6-10-8-4-3-7-9(10)5-1;1-5(2,3)4/h1-8H;(H3,1,2,3,4). The predicted octanol–water partition coefficient (Wildman–Crippen LogP) is 1.59. The first-order valence-electron chi connectivity index (χ1n) is 4.16.